The van der Waals surface area contributed by atoms with E-state index in [0.29, 0.717) is 18.1 Å². The highest BCUT2D eigenvalue weighted by molar-refractivity contribution is 6.04. The average molecular weight is 489 g/mol. The molecule has 36 heavy (non-hydrogen) atoms. The van der Waals surface area contributed by atoms with Crippen molar-refractivity contribution in [2.45, 2.75) is 46.1 Å². The topological polar surface area (TPSA) is 83.4 Å². The van der Waals surface area contributed by atoms with Crippen LogP contribution in [0, 0.1) is 20.8 Å². The smallest absolute Gasteiger partial charge is 0.258 e. The summed E-state index contributed by atoms with van der Waals surface area (Å²) in [6, 6.07) is 9.58. The molecule has 3 aromatic rings. The Kier molecular flexibility index (Phi) is 7.84. The number of amides is 2. The van der Waals surface area contributed by atoms with Crippen LogP contribution in [0.15, 0.2) is 42.5 Å². The molecular weight excluding hydrogens is 452 g/mol. The molecule has 0 spiro atoms. The van der Waals surface area contributed by atoms with Crippen molar-refractivity contribution in [3.63, 3.8) is 0 Å². The fraction of sp³-hybridized carbons (Fsp3) is 0.429. The van der Waals surface area contributed by atoms with E-state index < -0.39 is 0 Å². The number of pyridine rings is 1. The maximum absolute atomic E-state index is 13.3. The molecule has 0 unspecified atom stereocenters. The summed E-state index contributed by atoms with van der Waals surface area (Å²) >= 11 is 0. The van der Waals surface area contributed by atoms with Gasteiger partial charge < -0.3 is 14.4 Å². The Labute approximate surface area is 213 Å². The molecule has 1 fully saturated rings. The zero-order valence-corrected chi connectivity index (χ0v) is 21.9. The van der Waals surface area contributed by atoms with Crippen LogP contribution in [-0.2, 0) is 4.79 Å². The third-order valence-corrected chi connectivity index (χ3v) is 6.54. The summed E-state index contributed by atoms with van der Waals surface area (Å²) < 4.78 is 2.14. The fourth-order valence-electron chi connectivity index (χ4n) is 4.90. The molecule has 190 valence electrons. The monoisotopic (exact) mass is 488 g/mol. The van der Waals surface area contributed by atoms with E-state index in [1.54, 1.807) is 18.2 Å². The van der Waals surface area contributed by atoms with Gasteiger partial charge in [0.15, 0.2) is 0 Å². The SMILES string of the molecule is Cc1cc(C(=O)Nc2nc3cccc(C)c3n2[C@@H]2CCCCN(C(=O)C=CCN(C)C)C2)cc(C)n1. The maximum Gasteiger partial charge on any atom is 0.258 e. The molecule has 1 aliphatic heterocycles. The molecule has 4 rings (SSSR count). The van der Waals surface area contributed by atoms with Crippen LogP contribution in [0.4, 0.5) is 5.95 Å². The van der Waals surface area contributed by atoms with E-state index in [4.69, 9.17) is 4.98 Å². The normalized spacial score (nSPS) is 16.6. The number of likely N-dealkylation sites (N-methyl/N-ethyl adjacent to an activating group) is 1. The summed E-state index contributed by atoms with van der Waals surface area (Å²) in [6.45, 7) is 7.84. The first kappa shape index (κ1) is 25.6. The number of fused-ring (bicyclic) bond motifs is 1. The standard InChI is InChI=1S/C28H36N6O2/c1-19-10-8-12-24-26(19)34(28(30-24)31-27(36)22-16-20(2)29-21(3)17-22)23-11-6-7-15-33(18-23)25(35)13-9-14-32(4)5/h8-10,12-13,16-17,23H,6-7,11,14-15,18H2,1-5H3,(H,30,31,36)/t23-/m1/s1. The minimum Gasteiger partial charge on any atom is -0.337 e. The highest BCUT2D eigenvalue weighted by Crippen LogP contribution is 2.32. The van der Waals surface area contributed by atoms with Crippen LogP contribution in [-0.4, -0.2) is 69.9 Å². The summed E-state index contributed by atoms with van der Waals surface area (Å²) in [5, 5.41) is 3.07. The zero-order chi connectivity index (χ0) is 25.8. The lowest BCUT2D eigenvalue weighted by Gasteiger charge is -2.26. The van der Waals surface area contributed by atoms with Gasteiger partial charge in [0.25, 0.3) is 5.91 Å². The lowest BCUT2D eigenvalue weighted by Crippen LogP contribution is -2.35. The number of para-hydroxylation sites is 1. The Morgan fingerprint density at radius 1 is 1.11 bits per heavy atom. The van der Waals surface area contributed by atoms with Crippen molar-refractivity contribution in [2.75, 3.05) is 39.0 Å². The van der Waals surface area contributed by atoms with Gasteiger partial charge in [0, 0.05) is 42.7 Å². The van der Waals surface area contributed by atoms with Gasteiger partial charge in [-0.3, -0.25) is 19.9 Å². The van der Waals surface area contributed by atoms with Crippen molar-refractivity contribution in [2.24, 2.45) is 0 Å². The van der Waals surface area contributed by atoms with Crippen molar-refractivity contribution < 1.29 is 9.59 Å². The molecule has 1 saturated heterocycles. The number of nitrogens with zero attached hydrogens (tertiary/aromatic N) is 5. The summed E-state index contributed by atoms with van der Waals surface area (Å²) in [4.78, 5) is 39.4. The number of benzene rings is 1. The van der Waals surface area contributed by atoms with Gasteiger partial charge in [0.05, 0.1) is 17.1 Å². The molecule has 8 nitrogen and oxygen atoms in total. The molecule has 1 aliphatic rings. The highest BCUT2D eigenvalue weighted by Gasteiger charge is 2.27. The van der Waals surface area contributed by atoms with E-state index in [1.165, 1.54) is 0 Å². The largest absolute Gasteiger partial charge is 0.337 e. The van der Waals surface area contributed by atoms with E-state index in [9.17, 15) is 9.59 Å². The van der Waals surface area contributed by atoms with Crippen molar-refractivity contribution in [3.05, 3.63) is 65.0 Å². The zero-order valence-electron chi connectivity index (χ0n) is 21.9. The number of anilines is 1. The van der Waals surface area contributed by atoms with Gasteiger partial charge in [-0.1, -0.05) is 18.2 Å². The number of likely N-dealkylation sites (tertiary alicyclic amines) is 1. The predicted octanol–water partition coefficient (Wildman–Crippen LogP) is 4.28. The molecule has 0 bridgehead atoms. The van der Waals surface area contributed by atoms with E-state index in [1.807, 2.05) is 56.0 Å². The molecule has 1 N–H and O–H groups in total. The second kappa shape index (κ2) is 11.0. The first-order chi connectivity index (χ1) is 17.2. The number of hydrogen-bond acceptors (Lipinski definition) is 5. The van der Waals surface area contributed by atoms with E-state index >= 15 is 0 Å². The molecule has 2 aromatic heterocycles. The average Bonchev–Trinajstić information content (AvgIpc) is 3.00. The Morgan fingerprint density at radius 3 is 2.58 bits per heavy atom. The number of aryl methyl sites for hydroxylation is 3. The number of aromatic nitrogens is 3. The van der Waals surface area contributed by atoms with Gasteiger partial charge in [0.1, 0.15) is 0 Å². The molecule has 3 heterocycles. The van der Waals surface area contributed by atoms with Crippen molar-refractivity contribution in [3.8, 4) is 0 Å². The summed E-state index contributed by atoms with van der Waals surface area (Å²) in [5.74, 6) is 0.322. The third kappa shape index (κ3) is 5.82. The van der Waals surface area contributed by atoms with Crippen LogP contribution in [0.25, 0.3) is 11.0 Å². The lowest BCUT2D eigenvalue weighted by molar-refractivity contribution is -0.126. The molecule has 0 saturated carbocycles. The van der Waals surface area contributed by atoms with E-state index in [-0.39, 0.29) is 17.9 Å². The molecular formula is C28H36N6O2. The quantitative estimate of drug-likeness (QED) is 0.524. The fourth-order valence-corrected chi connectivity index (χ4v) is 4.90. The second-order valence-electron chi connectivity index (χ2n) is 9.94. The van der Waals surface area contributed by atoms with Crippen LogP contribution < -0.4 is 5.32 Å². The van der Waals surface area contributed by atoms with Gasteiger partial charge in [0.2, 0.25) is 11.9 Å². The number of carbonyl (C=O) groups excluding carboxylic acids is 2. The third-order valence-electron chi connectivity index (χ3n) is 6.54. The highest BCUT2D eigenvalue weighted by atomic mass is 16.2. The molecule has 8 heteroatoms. The van der Waals surface area contributed by atoms with Crippen LogP contribution in [0.5, 0.6) is 0 Å². The van der Waals surface area contributed by atoms with Gasteiger partial charge >= 0.3 is 0 Å². The number of hydrogen-bond donors (Lipinski definition) is 1. The number of nitrogens with one attached hydrogen (secondary N) is 1. The second-order valence-corrected chi connectivity index (χ2v) is 9.94. The number of rotatable bonds is 6. The minimum absolute atomic E-state index is 0.000936. The number of carbonyl (C=O) groups is 2. The van der Waals surface area contributed by atoms with Gasteiger partial charge in [-0.2, -0.15) is 0 Å². The first-order valence-electron chi connectivity index (χ1n) is 12.6. The van der Waals surface area contributed by atoms with Crippen molar-refractivity contribution in [1.29, 1.82) is 0 Å². The molecule has 1 atom stereocenters. The molecule has 2 amide bonds. The van der Waals surface area contributed by atoms with E-state index in [2.05, 4.69) is 27.9 Å². The Hall–Kier alpha value is -3.52. The lowest BCUT2D eigenvalue weighted by atomic mass is 10.1. The van der Waals surface area contributed by atoms with Gasteiger partial charge in [-0.25, -0.2) is 4.98 Å². The van der Waals surface area contributed by atoms with Gasteiger partial charge in [-0.15, -0.1) is 0 Å². The summed E-state index contributed by atoms with van der Waals surface area (Å²) in [7, 11) is 3.96. The minimum atomic E-state index is -0.217. The molecule has 0 aliphatic carbocycles. The van der Waals surface area contributed by atoms with Crippen molar-refractivity contribution >= 4 is 28.8 Å². The predicted molar refractivity (Wildman–Crippen MR) is 143 cm³/mol. The Balaban J connectivity index is 1.68. The summed E-state index contributed by atoms with van der Waals surface area (Å²) in [5.41, 5.74) is 5.07. The van der Waals surface area contributed by atoms with Crippen LogP contribution >= 0.6 is 0 Å². The van der Waals surface area contributed by atoms with Gasteiger partial charge in [-0.05, 0) is 77.9 Å². The van der Waals surface area contributed by atoms with Crippen LogP contribution in [0.3, 0.4) is 0 Å². The van der Waals surface area contributed by atoms with Crippen LogP contribution in [0.2, 0.25) is 0 Å². The number of imidazole rings is 1. The molecule has 0 radical (unpaired) electrons. The maximum atomic E-state index is 13.3. The Morgan fingerprint density at radius 2 is 1.86 bits per heavy atom. The van der Waals surface area contributed by atoms with Crippen LogP contribution in [0.1, 0.15) is 52.6 Å². The van der Waals surface area contributed by atoms with Crippen molar-refractivity contribution in [1.82, 2.24) is 24.3 Å². The van der Waals surface area contributed by atoms with E-state index in [0.717, 1.165) is 60.3 Å². The summed E-state index contributed by atoms with van der Waals surface area (Å²) in [6.07, 6.45) is 6.44. The first-order valence-corrected chi connectivity index (χ1v) is 12.6. The Bertz CT molecular complexity index is 1270. The molecule has 1 aromatic carbocycles.